The topological polar surface area (TPSA) is 63.4 Å². The van der Waals surface area contributed by atoms with Gasteiger partial charge in [0.2, 0.25) is 0 Å². The van der Waals surface area contributed by atoms with Crippen LogP contribution < -0.4 is 0 Å². The summed E-state index contributed by atoms with van der Waals surface area (Å²) < 4.78 is 13.2. The number of nitro benzene ring substituents is 1. The zero-order valence-electron chi connectivity index (χ0n) is 8.53. The third-order valence-corrected chi connectivity index (χ3v) is 1.86. The first kappa shape index (κ1) is 11.6. The minimum absolute atomic E-state index is 0.0422. The normalized spacial score (nSPS) is 11.5. The van der Waals surface area contributed by atoms with Crippen molar-refractivity contribution in [1.82, 2.24) is 0 Å². The molecule has 0 aliphatic carbocycles. The minimum atomic E-state index is -1.09. The average molecular weight is 213 g/mol. The number of nitro groups is 1. The van der Waals surface area contributed by atoms with E-state index in [1.54, 1.807) is 0 Å². The molecule has 15 heavy (non-hydrogen) atoms. The molecule has 82 valence electrons. The number of benzene rings is 1. The lowest BCUT2D eigenvalue weighted by atomic mass is 9.98. The predicted octanol–water partition coefficient (Wildman–Crippen LogP) is 2.05. The Labute approximate surface area is 86.5 Å². The number of hydrogen-bond donors (Lipinski definition) is 1. The first-order chi connectivity index (χ1) is 6.79. The van der Waals surface area contributed by atoms with E-state index in [0.29, 0.717) is 0 Å². The number of rotatable bonds is 3. The van der Waals surface area contributed by atoms with Crippen molar-refractivity contribution >= 4 is 5.69 Å². The van der Waals surface area contributed by atoms with Gasteiger partial charge in [0, 0.05) is 18.6 Å². The second-order valence-electron chi connectivity index (χ2n) is 4.02. The van der Waals surface area contributed by atoms with Crippen LogP contribution in [0, 0.1) is 15.9 Å². The molecule has 0 saturated heterocycles. The quantitative estimate of drug-likeness (QED) is 0.617. The Bertz CT molecular complexity index is 385. The zero-order valence-corrected chi connectivity index (χ0v) is 8.53. The highest BCUT2D eigenvalue weighted by Gasteiger charge is 2.18. The van der Waals surface area contributed by atoms with Crippen molar-refractivity contribution in [3.63, 3.8) is 0 Å². The van der Waals surface area contributed by atoms with Crippen molar-refractivity contribution in [3.05, 3.63) is 39.7 Å². The lowest BCUT2D eigenvalue weighted by Gasteiger charge is -2.17. The van der Waals surface area contributed by atoms with E-state index in [-0.39, 0.29) is 17.7 Å². The van der Waals surface area contributed by atoms with Gasteiger partial charge in [-0.15, -0.1) is 0 Å². The van der Waals surface area contributed by atoms with Crippen LogP contribution in [-0.4, -0.2) is 15.6 Å². The van der Waals surface area contributed by atoms with Gasteiger partial charge in [0.05, 0.1) is 10.5 Å². The summed E-state index contributed by atoms with van der Waals surface area (Å²) in [4.78, 5) is 9.86. The highest BCUT2D eigenvalue weighted by atomic mass is 19.1. The zero-order chi connectivity index (χ0) is 11.6. The maximum absolute atomic E-state index is 13.2. The summed E-state index contributed by atoms with van der Waals surface area (Å²) in [5, 5.41) is 19.9. The van der Waals surface area contributed by atoms with Crippen molar-refractivity contribution in [2.45, 2.75) is 25.9 Å². The third kappa shape index (κ3) is 3.28. The van der Waals surface area contributed by atoms with Crippen LogP contribution >= 0.6 is 0 Å². The van der Waals surface area contributed by atoms with Gasteiger partial charge in [0.25, 0.3) is 5.69 Å². The summed E-state index contributed by atoms with van der Waals surface area (Å²) in [6.45, 7) is 3.04. The summed E-state index contributed by atoms with van der Waals surface area (Å²) in [5.41, 5.74) is -1.11. The maximum Gasteiger partial charge on any atom is 0.269 e. The van der Waals surface area contributed by atoms with E-state index in [0.717, 1.165) is 18.2 Å². The van der Waals surface area contributed by atoms with Gasteiger partial charge >= 0.3 is 0 Å². The number of nitrogens with zero attached hydrogens (tertiary/aromatic N) is 1. The minimum Gasteiger partial charge on any atom is -0.390 e. The van der Waals surface area contributed by atoms with E-state index in [2.05, 4.69) is 0 Å². The standard InChI is InChI=1S/C10H12FNO3/c1-10(2,13)6-7-5-8(12(14)15)3-4-9(7)11/h3-5,13H,6H2,1-2H3. The molecule has 0 bridgehead atoms. The van der Waals surface area contributed by atoms with E-state index in [1.165, 1.54) is 13.8 Å². The lowest BCUT2D eigenvalue weighted by molar-refractivity contribution is -0.385. The fraction of sp³-hybridized carbons (Fsp3) is 0.400. The molecule has 0 aromatic heterocycles. The molecule has 0 amide bonds. The Morgan fingerprint density at radius 1 is 1.53 bits per heavy atom. The lowest BCUT2D eigenvalue weighted by Crippen LogP contribution is -2.22. The Morgan fingerprint density at radius 2 is 2.13 bits per heavy atom. The van der Waals surface area contributed by atoms with Crippen molar-refractivity contribution < 1.29 is 14.4 Å². The molecule has 0 aliphatic heterocycles. The third-order valence-electron chi connectivity index (χ3n) is 1.86. The molecule has 0 spiro atoms. The van der Waals surface area contributed by atoms with Gasteiger partial charge in [-0.1, -0.05) is 0 Å². The Balaban J connectivity index is 3.06. The van der Waals surface area contributed by atoms with Crippen molar-refractivity contribution in [1.29, 1.82) is 0 Å². The van der Waals surface area contributed by atoms with E-state index in [1.807, 2.05) is 0 Å². The fourth-order valence-corrected chi connectivity index (χ4v) is 1.28. The van der Waals surface area contributed by atoms with Gasteiger partial charge in [-0.25, -0.2) is 4.39 Å². The molecule has 0 atom stereocenters. The predicted molar refractivity (Wildman–Crippen MR) is 53.1 cm³/mol. The number of aliphatic hydroxyl groups is 1. The van der Waals surface area contributed by atoms with Gasteiger partial charge in [-0.3, -0.25) is 10.1 Å². The monoisotopic (exact) mass is 213 g/mol. The number of non-ortho nitro benzene ring substituents is 1. The first-order valence-electron chi connectivity index (χ1n) is 4.45. The molecule has 5 heteroatoms. The number of halogens is 1. The van der Waals surface area contributed by atoms with Crippen LogP contribution in [0.4, 0.5) is 10.1 Å². The van der Waals surface area contributed by atoms with Crippen LogP contribution in [0.2, 0.25) is 0 Å². The molecule has 1 aromatic rings. The van der Waals surface area contributed by atoms with E-state index in [4.69, 9.17) is 0 Å². The summed E-state index contributed by atoms with van der Waals surface area (Å²) in [6, 6.07) is 3.29. The smallest absolute Gasteiger partial charge is 0.269 e. The molecular formula is C10H12FNO3. The van der Waals surface area contributed by atoms with Crippen molar-refractivity contribution in [3.8, 4) is 0 Å². The van der Waals surface area contributed by atoms with Gasteiger partial charge in [-0.2, -0.15) is 0 Å². The maximum atomic E-state index is 13.2. The van der Waals surface area contributed by atoms with Crippen molar-refractivity contribution in [2.75, 3.05) is 0 Å². The molecule has 0 fully saturated rings. The summed E-state index contributed by atoms with van der Waals surface area (Å²) in [6.07, 6.45) is 0.0422. The Kier molecular flexibility index (Phi) is 3.04. The van der Waals surface area contributed by atoms with Gasteiger partial charge in [-0.05, 0) is 25.5 Å². The fourth-order valence-electron chi connectivity index (χ4n) is 1.28. The molecule has 0 radical (unpaired) electrons. The SMILES string of the molecule is CC(C)(O)Cc1cc([N+](=O)[O-])ccc1F. The average Bonchev–Trinajstić information content (AvgIpc) is 2.06. The van der Waals surface area contributed by atoms with E-state index < -0.39 is 16.3 Å². The second kappa shape index (κ2) is 3.94. The van der Waals surface area contributed by atoms with E-state index >= 15 is 0 Å². The largest absolute Gasteiger partial charge is 0.390 e. The van der Waals surface area contributed by atoms with Gasteiger partial charge < -0.3 is 5.11 Å². The Hall–Kier alpha value is -1.49. The van der Waals surface area contributed by atoms with Crippen LogP contribution in [-0.2, 0) is 6.42 Å². The first-order valence-corrected chi connectivity index (χ1v) is 4.45. The molecule has 0 heterocycles. The summed E-state index contributed by atoms with van der Waals surface area (Å²) in [7, 11) is 0. The van der Waals surface area contributed by atoms with Crippen LogP contribution in [0.25, 0.3) is 0 Å². The molecule has 0 saturated carbocycles. The summed E-state index contributed by atoms with van der Waals surface area (Å²) in [5.74, 6) is -0.539. The molecule has 1 aromatic carbocycles. The molecule has 1 N–H and O–H groups in total. The molecule has 4 nitrogen and oxygen atoms in total. The Morgan fingerprint density at radius 3 is 2.60 bits per heavy atom. The molecular weight excluding hydrogens is 201 g/mol. The van der Waals surface area contributed by atoms with Crippen molar-refractivity contribution in [2.24, 2.45) is 0 Å². The van der Waals surface area contributed by atoms with Gasteiger partial charge in [0.15, 0.2) is 0 Å². The highest BCUT2D eigenvalue weighted by molar-refractivity contribution is 5.35. The number of hydrogen-bond acceptors (Lipinski definition) is 3. The van der Waals surface area contributed by atoms with Crippen LogP contribution in [0.5, 0.6) is 0 Å². The van der Waals surface area contributed by atoms with E-state index in [9.17, 15) is 19.6 Å². The highest BCUT2D eigenvalue weighted by Crippen LogP contribution is 2.20. The van der Waals surface area contributed by atoms with Crippen LogP contribution in [0.15, 0.2) is 18.2 Å². The second-order valence-corrected chi connectivity index (χ2v) is 4.02. The molecule has 0 unspecified atom stereocenters. The molecule has 1 rings (SSSR count). The van der Waals surface area contributed by atoms with Crippen LogP contribution in [0.1, 0.15) is 19.4 Å². The molecule has 0 aliphatic rings. The van der Waals surface area contributed by atoms with Gasteiger partial charge in [0.1, 0.15) is 5.82 Å². The summed E-state index contributed by atoms with van der Waals surface area (Å²) >= 11 is 0. The van der Waals surface area contributed by atoms with Crippen LogP contribution in [0.3, 0.4) is 0 Å².